The van der Waals surface area contributed by atoms with Gasteiger partial charge >= 0.3 is 0 Å². The highest BCUT2D eigenvalue weighted by molar-refractivity contribution is 5.95. The summed E-state index contributed by atoms with van der Waals surface area (Å²) in [7, 11) is 0. The number of rotatable bonds is 3. The van der Waals surface area contributed by atoms with Crippen molar-refractivity contribution in [2.75, 3.05) is 0 Å². The molecule has 0 heterocycles. The first kappa shape index (κ1) is 13.2. The van der Waals surface area contributed by atoms with Gasteiger partial charge < -0.3 is 0 Å². The van der Waals surface area contributed by atoms with E-state index in [1.165, 1.54) is 25.7 Å². The Hall–Kier alpha value is -1.84. The number of nitrogens with one attached hydrogen (secondary N) is 2. The molecule has 0 saturated heterocycles. The topological polar surface area (TPSA) is 58.2 Å². The number of fused-ring (bicyclic) bond motifs is 2. The fourth-order valence-electron chi connectivity index (χ4n) is 3.70. The highest BCUT2D eigenvalue weighted by Gasteiger charge is 2.40. The van der Waals surface area contributed by atoms with Crippen LogP contribution in [0.15, 0.2) is 30.3 Å². The Morgan fingerprint density at radius 2 is 1.85 bits per heavy atom. The van der Waals surface area contributed by atoms with Crippen molar-refractivity contribution in [3.8, 4) is 0 Å². The molecule has 0 spiro atoms. The molecule has 106 valence electrons. The first-order chi connectivity index (χ1) is 9.72. The lowest BCUT2D eigenvalue weighted by atomic mass is 9.86. The van der Waals surface area contributed by atoms with Crippen LogP contribution in [0.25, 0.3) is 0 Å². The molecule has 2 amide bonds. The van der Waals surface area contributed by atoms with Crippen molar-refractivity contribution in [1.82, 2.24) is 10.9 Å². The van der Waals surface area contributed by atoms with Crippen molar-refractivity contribution in [2.45, 2.75) is 32.1 Å². The maximum Gasteiger partial charge on any atom is 0.269 e. The van der Waals surface area contributed by atoms with Crippen LogP contribution < -0.4 is 10.9 Å². The third-order valence-electron chi connectivity index (χ3n) is 4.68. The summed E-state index contributed by atoms with van der Waals surface area (Å²) in [5.41, 5.74) is 5.56. The zero-order valence-electron chi connectivity index (χ0n) is 11.5. The molecule has 0 radical (unpaired) electrons. The zero-order valence-corrected chi connectivity index (χ0v) is 11.5. The molecular formula is C16H20N2O2. The van der Waals surface area contributed by atoms with E-state index in [1.54, 1.807) is 24.3 Å². The number of carbonyl (C=O) groups is 2. The Bertz CT molecular complexity index is 500. The molecule has 2 bridgehead atoms. The Labute approximate surface area is 118 Å². The molecule has 2 N–H and O–H groups in total. The lowest BCUT2D eigenvalue weighted by Gasteiger charge is -2.20. The van der Waals surface area contributed by atoms with Gasteiger partial charge in [-0.1, -0.05) is 24.6 Å². The first-order valence-electron chi connectivity index (χ1n) is 7.36. The second-order valence-electron chi connectivity index (χ2n) is 6.01. The number of hydrazine groups is 1. The van der Waals surface area contributed by atoms with E-state index in [-0.39, 0.29) is 11.8 Å². The van der Waals surface area contributed by atoms with Gasteiger partial charge in [-0.05, 0) is 49.1 Å². The van der Waals surface area contributed by atoms with Gasteiger partial charge in [-0.25, -0.2) is 0 Å². The predicted octanol–water partition coefficient (Wildman–Crippen LogP) is 2.27. The summed E-state index contributed by atoms with van der Waals surface area (Å²) in [5, 5.41) is 0. The molecule has 4 heteroatoms. The minimum atomic E-state index is -0.271. The second kappa shape index (κ2) is 5.65. The van der Waals surface area contributed by atoms with E-state index in [1.807, 2.05) is 6.07 Å². The smallest absolute Gasteiger partial charge is 0.269 e. The van der Waals surface area contributed by atoms with E-state index >= 15 is 0 Å². The second-order valence-corrected chi connectivity index (χ2v) is 6.01. The van der Waals surface area contributed by atoms with Crippen LogP contribution in [0, 0.1) is 17.8 Å². The third-order valence-corrected chi connectivity index (χ3v) is 4.68. The van der Waals surface area contributed by atoms with Crippen LogP contribution in [0.5, 0.6) is 0 Å². The summed E-state index contributed by atoms with van der Waals surface area (Å²) in [6.07, 6.45) is 5.64. The minimum absolute atomic E-state index is 0.0770. The Kier molecular flexibility index (Phi) is 3.72. The van der Waals surface area contributed by atoms with Crippen LogP contribution in [0.3, 0.4) is 0 Å². The number of hydrogen-bond acceptors (Lipinski definition) is 2. The summed E-state index contributed by atoms with van der Waals surface area (Å²) in [6.45, 7) is 0. The minimum Gasteiger partial charge on any atom is -0.273 e. The van der Waals surface area contributed by atoms with Crippen LogP contribution in [-0.4, -0.2) is 11.8 Å². The van der Waals surface area contributed by atoms with Crippen LogP contribution in [0.4, 0.5) is 0 Å². The maximum atomic E-state index is 11.9. The van der Waals surface area contributed by atoms with E-state index in [2.05, 4.69) is 10.9 Å². The molecule has 0 aromatic heterocycles. The molecule has 20 heavy (non-hydrogen) atoms. The average Bonchev–Trinajstić information content (AvgIpc) is 3.08. The number of amides is 2. The van der Waals surface area contributed by atoms with Gasteiger partial charge in [-0.2, -0.15) is 0 Å². The van der Waals surface area contributed by atoms with Crippen molar-refractivity contribution in [1.29, 1.82) is 0 Å². The lowest BCUT2D eigenvalue weighted by Crippen LogP contribution is -2.42. The molecule has 1 aromatic rings. The van der Waals surface area contributed by atoms with Gasteiger partial charge in [-0.15, -0.1) is 0 Å². The Morgan fingerprint density at radius 1 is 1.05 bits per heavy atom. The summed E-state index contributed by atoms with van der Waals surface area (Å²) < 4.78 is 0. The standard InChI is InChI=1S/C16H20N2O2/c19-15(10-14-9-11-6-7-13(14)8-11)17-18-16(20)12-4-2-1-3-5-12/h1-5,11,13-14H,6-10H2,(H,17,19)(H,18,20)/t11-,13-,14+/m0/s1. The van der Waals surface area contributed by atoms with Gasteiger partial charge in [0, 0.05) is 12.0 Å². The van der Waals surface area contributed by atoms with Crippen molar-refractivity contribution in [3.63, 3.8) is 0 Å². The summed E-state index contributed by atoms with van der Waals surface area (Å²) in [6, 6.07) is 8.89. The summed E-state index contributed by atoms with van der Waals surface area (Å²) in [4.78, 5) is 23.7. The normalized spacial score (nSPS) is 27.3. The predicted molar refractivity (Wildman–Crippen MR) is 75.6 cm³/mol. The van der Waals surface area contributed by atoms with Crippen molar-refractivity contribution >= 4 is 11.8 Å². The summed E-state index contributed by atoms with van der Waals surface area (Å²) in [5.74, 6) is 1.74. The molecular weight excluding hydrogens is 252 g/mol. The zero-order chi connectivity index (χ0) is 13.9. The van der Waals surface area contributed by atoms with Crippen LogP contribution in [-0.2, 0) is 4.79 Å². The number of carbonyl (C=O) groups excluding carboxylic acids is 2. The third kappa shape index (κ3) is 2.84. The monoisotopic (exact) mass is 272 g/mol. The van der Waals surface area contributed by atoms with Gasteiger partial charge in [0.1, 0.15) is 0 Å². The molecule has 4 nitrogen and oxygen atoms in total. The van der Waals surface area contributed by atoms with Gasteiger partial charge in [-0.3, -0.25) is 20.4 Å². The fraction of sp³-hybridized carbons (Fsp3) is 0.500. The average molecular weight is 272 g/mol. The molecule has 3 rings (SSSR count). The molecule has 0 aliphatic heterocycles. The number of hydrogen-bond donors (Lipinski definition) is 2. The van der Waals surface area contributed by atoms with Crippen molar-refractivity contribution in [2.24, 2.45) is 17.8 Å². The fourth-order valence-corrected chi connectivity index (χ4v) is 3.70. The molecule has 1 aromatic carbocycles. The molecule has 2 saturated carbocycles. The van der Waals surface area contributed by atoms with Crippen molar-refractivity contribution < 1.29 is 9.59 Å². The van der Waals surface area contributed by atoms with Crippen molar-refractivity contribution in [3.05, 3.63) is 35.9 Å². The highest BCUT2D eigenvalue weighted by Crippen LogP contribution is 2.49. The van der Waals surface area contributed by atoms with Gasteiger partial charge in [0.05, 0.1) is 0 Å². The van der Waals surface area contributed by atoms with Gasteiger partial charge in [0.2, 0.25) is 5.91 Å². The van der Waals surface area contributed by atoms with Crippen LogP contribution in [0.1, 0.15) is 42.5 Å². The van der Waals surface area contributed by atoms with Crippen LogP contribution >= 0.6 is 0 Å². The van der Waals surface area contributed by atoms with E-state index in [4.69, 9.17) is 0 Å². The molecule has 0 unspecified atom stereocenters. The Balaban J connectivity index is 1.44. The van der Waals surface area contributed by atoms with Crippen LogP contribution in [0.2, 0.25) is 0 Å². The SMILES string of the molecule is O=C(C[C@H]1C[C@H]2CC[C@H]1C2)NNC(=O)c1ccccc1. The molecule has 2 fully saturated rings. The molecule has 2 aliphatic carbocycles. The highest BCUT2D eigenvalue weighted by atomic mass is 16.2. The largest absolute Gasteiger partial charge is 0.273 e. The molecule has 3 atom stereocenters. The lowest BCUT2D eigenvalue weighted by molar-refractivity contribution is -0.123. The van der Waals surface area contributed by atoms with E-state index in [0.717, 1.165) is 11.8 Å². The maximum absolute atomic E-state index is 11.9. The van der Waals surface area contributed by atoms with E-state index in [9.17, 15) is 9.59 Å². The van der Waals surface area contributed by atoms with E-state index < -0.39 is 0 Å². The Morgan fingerprint density at radius 3 is 2.50 bits per heavy atom. The van der Waals surface area contributed by atoms with E-state index in [0.29, 0.717) is 17.9 Å². The van der Waals surface area contributed by atoms with Gasteiger partial charge in [0.25, 0.3) is 5.91 Å². The first-order valence-corrected chi connectivity index (χ1v) is 7.36. The molecule has 2 aliphatic rings. The van der Waals surface area contributed by atoms with Gasteiger partial charge in [0.15, 0.2) is 0 Å². The number of benzene rings is 1. The quantitative estimate of drug-likeness (QED) is 0.829. The summed E-state index contributed by atoms with van der Waals surface area (Å²) >= 11 is 0.